The van der Waals surface area contributed by atoms with Gasteiger partial charge >= 0.3 is 0 Å². The van der Waals surface area contributed by atoms with E-state index >= 15 is 0 Å². The molecule has 1 nitrogen and oxygen atoms in total. The summed E-state index contributed by atoms with van der Waals surface area (Å²) in [7, 11) is 0. The predicted molar refractivity (Wildman–Crippen MR) is 66.3 cm³/mol. The zero-order chi connectivity index (χ0) is 11.2. The Morgan fingerprint density at radius 3 is 2.53 bits per heavy atom. The maximum atomic E-state index is 4.13. The van der Waals surface area contributed by atoms with E-state index in [0.29, 0.717) is 11.8 Å². The second kappa shape index (κ2) is 3.41. The van der Waals surface area contributed by atoms with Crippen molar-refractivity contribution in [3.05, 3.63) is 41.1 Å². The second-order valence-electron chi connectivity index (χ2n) is 4.92. The molecule has 1 unspecified atom stereocenters. The molecule has 0 aliphatic carbocycles. The molecule has 0 amide bonds. The van der Waals surface area contributed by atoms with E-state index in [-0.39, 0.29) is 0 Å². The van der Waals surface area contributed by atoms with E-state index in [1.54, 1.807) is 0 Å². The number of fused-ring (bicyclic) bond motifs is 1. The third-order valence-corrected chi connectivity index (χ3v) is 3.17. The molecule has 15 heavy (non-hydrogen) atoms. The molecule has 1 N–H and O–H groups in total. The summed E-state index contributed by atoms with van der Waals surface area (Å²) in [6.45, 7) is 13.0. The van der Waals surface area contributed by atoms with Crippen LogP contribution in [0.1, 0.15) is 36.5 Å². The molecule has 1 aliphatic rings. The zero-order valence-corrected chi connectivity index (χ0v) is 10.0. The Morgan fingerprint density at radius 2 is 1.93 bits per heavy atom. The molecule has 1 aromatic carbocycles. The summed E-state index contributed by atoms with van der Waals surface area (Å²) in [6, 6.07) is 4.51. The van der Waals surface area contributed by atoms with Gasteiger partial charge in [-0.25, -0.2) is 0 Å². The van der Waals surface area contributed by atoms with Crippen molar-refractivity contribution in [3.63, 3.8) is 0 Å². The molecule has 0 spiro atoms. The zero-order valence-electron chi connectivity index (χ0n) is 10.0. The number of rotatable bonds is 1. The lowest BCUT2D eigenvalue weighted by atomic mass is 9.87. The van der Waals surface area contributed by atoms with Crippen molar-refractivity contribution >= 4 is 5.69 Å². The molecule has 0 fully saturated rings. The summed E-state index contributed by atoms with van der Waals surface area (Å²) in [4.78, 5) is 0. The maximum absolute atomic E-state index is 4.13. The van der Waals surface area contributed by atoms with Crippen molar-refractivity contribution in [2.75, 3.05) is 5.32 Å². The molecule has 2 rings (SSSR count). The fourth-order valence-corrected chi connectivity index (χ4v) is 2.60. The summed E-state index contributed by atoms with van der Waals surface area (Å²) < 4.78 is 0. The Balaban J connectivity index is 2.58. The van der Waals surface area contributed by atoms with Crippen molar-refractivity contribution in [1.29, 1.82) is 0 Å². The quantitative estimate of drug-likeness (QED) is 0.724. The molecule has 80 valence electrons. The predicted octanol–water partition coefficient (Wildman–Crippen LogP) is 3.98. The van der Waals surface area contributed by atoms with Crippen molar-refractivity contribution in [3.8, 4) is 0 Å². The number of hydrogen-bond acceptors (Lipinski definition) is 1. The van der Waals surface area contributed by atoms with Gasteiger partial charge in [-0.05, 0) is 30.9 Å². The van der Waals surface area contributed by atoms with Crippen LogP contribution in [-0.2, 0) is 0 Å². The van der Waals surface area contributed by atoms with Gasteiger partial charge in [-0.15, -0.1) is 0 Å². The van der Waals surface area contributed by atoms with E-state index in [2.05, 4.69) is 51.7 Å². The normalized spacial score (nSPS) is 19.3. The first-order valence-corrected chi connectivity index (χ1v) is 5.57. The lowest BCUT2D eigenvalue weighted by Gasteiger charge is -2.16. The molecule has 0 saturated heterocycles. The van der Waals surface area contributed by atoms with Crippen molar-refractivity contribution in [1.82, 2.24) is 0 Å². The Hall–Kier alpha value is -1.24. The summed E-state index contributed by atoms with van der Waals surface area (Å²) in [5, 5.41) is 3.43. The number of hydrogen-bond donors (Lipinski definition) is 1. The van der Waals surface area contributed by atoms with Crippen molar-refractivity contribution in [2.45, 2.75) is 33.6 Å². The van der Waals surface area contributed by atoms with Gasteiger partial charge in [-0.3, -0.25) is 0 Å². The lowest BCUT2D eigenvalue weighted by molar-refractivity contribution is 0.571. The van der Waals surface area contributed by atoms with Crippen LogP contribution in [-0.4, -0.2) is 0 Å². The molecule has 1 aromatic rings. The Labute approximate surface area is 92.2 Å². The van der Waals surface area contributed by atoms with Crippen LogP contribution in [0.15, 0.2) is 24.4 Å². The molecule has 0 radical (unpaired) electrons. The van der Waals surface area contributed by atoms with Crippen LogP contribution in [0.3, 0.4) is 0 Å². The number of allylic oxidation sites excluding steroid dienone is 1. The van der Waals surface area contributed by atoms with E-state index in [9.17, 15) is 0 Å². The van der Waals surface area contributed by atoms with Gasteiger partial charge in [-0.2, -0.15) is 0 Å². The lowest BCUT2D eigenvalue weighted by Crippen LogP contribution is -2.05. The number of anilines is 1. The van der Waals surface area contributed by atoms with Crippen LogP contribution in [0, 0.1) is 19.8 Å². The van der Waals surface area contributed by atoms with Crippen LogP contribution in [0.5, 0.6) is 0 Å². The van der Waals surface area contributed by atoms with Gasteiger partial charge in [-0.1, -0.05) is 38.1 Å². The highest BCUT2D eigenvalue weighted by molar-refractivity contribution is 5.69. The summed E-state index contributed by atoms with van der Waals surface area (Å²) in [6.07, 6.45) is 0. The van der Waals surface area contributed by atoms with Gasteiger partial charge in [0.05, 0.1) is 0 Å². The third-order valence-electron chi connectivity index (χ3n) is 3.17. The average Bonchev–Trinajstić information content (AvgIpc) is 2.41. The Kier molecular flexibility index (Phi) is 2.34. The third kappa shape index (κ3) is 1.56. The molecule has 1 aliphatic heterocycles. The highest BCUT2D eigenvalue weighted by atomic mass is 14.9. The van der Waals surface area contributed by atoms with Crippen LogP contribution in [0.2, 0.25) is 0 Å². The van der Waals surface area contributed by atoms with Crippen LogP contribution >= 0.6 is 0 Å². The summed E-state index contributed by atoms with van der Waals surface area (Å²) in [5.74, 6) is 1.08. The van der Waals surface area contributed by atoms with E-state index in [0.717, 1.165) is 5.70 Å². The first-order chi connectivity index (χ1) is 7.00. The van der Waals surface area contributed by atoms with Crippen LogP contribution < -0.4 is 5.32 Å². The Bertz CT molecular complexity index is 416. The number of aryl methyl sites for hydroxylation is 2. The topological polar surface area (TPSA) is 12.0 Å². The van der Waals surface area contributed by atoms with E-state index in [4.69, 9.17) is 0 Å². The van der Waals surface area contributed by atoms with Gasteiger partial charge in [0.15, 0.2) is 0 Å². The fraction of sp³-hybridized carbons (Fsp3) is 0.429. The van der Waals surface area contributed by atoms with Crippen LogP contribution in [0.25, 0.3) is 0 Å². The molecule has 0 saturated carbocycles. The average molecular weight is 201 g/mol. The summed E-state index contributed by atoms with van der Waals surface area (Å²) >= 11 is 0. The smallest absolute Gasteiger partial charge is 0.0451 e. The highest BCUT2D eigenvalue weighted by Gasteiger charge is 2.29. The first kappa shape index (κ1) is 10.3. The van der Waals surface area contributed by atoms with Gasteiger partial charge in [0, 0.05) is 17.3 Å². The largest absolute Gasteiger partial charge is 0.358 e. The summed E-state index contributed by atoms with van der Waals surface area (Å²) in [5.41, 5.74) is 6.52. The highest BCUT2D eigenvalue weighted by Crippen LogP contribution is 2.43. The minimum atomic E-state index is 0.471. The molecule has 1 heteroatoms. The van der Waals surface area contributed by atoms with Gasteiger partial charge < -0.3 is 5.32 Å². The molecule has 0 bridgehead atoms. The monoisotopic (exact) mass is 201 g/mol. The standard InChI is InChI=1S/C14H19N/c1-8(2)13-11(5)15-14-10(4)6-9(3)7-12(13)14/h6-8,13,15H,5H2,1-4H3. The number of nitrogens with one attached hydrogen (secondary N) is 1. The Morgan fingerprint density at radius 1 is 1.27 bits per heavy atom. The fourth-order valence-electron chi connectivity index (χ4n) is 2.60. The molecule has 0 aromatic heterocycles. The van der Waals surface area contributed by atoms with Gasteiger partial charge in [0.1, 0.15) is 0 Å². The van der Waals surface area contributed by atoms with E-state index in [1.165, 1.54) is 22.4 Å². The van der Waals surface area contributed by atoms with Gasteiger partial charge in [0.2, 0.25) is 0 Å². The SMILES string of the molecule is C=C1Nc2c(C)cc(C)cc2C1C(C)C. The van der Waals surface area contributed by atoms with Gasteiger partial charge in [0.25, 0.3) is 0 Å². The van der Waals surface area contributed by atoms with E-state index in [1.807, 2.05) is 0 Å². The molecular weight excluding hydrogens is 182 g/mol. The molecule has 1 atom stereocenters. The van der Waals surface area contributed by atoms with Crippen molar-refractivity contribution in [2.24, 2.45) is 5.92 Å². The molecule has 1 heterocycles. The first-order valence-electron chi connectivity index (χ1n) is 5.57. The second-order valence-corrected chi connectivity index (χ2v) is 4.92. The minimum Gasteiger partial charge on any atom is -0.358 e. The van der Waals surface area contributed by atoms with Crippen molar-refractivity contribution < 1.29 is 0 Å². The number of benzene rings is 1. The minimum absolute atomic E-state index is 0.471. The van der Waals surface area contributed by atoms with Crippen LogP contribution in [0.4, 0.5) is 5.69 Å². The molecular formula is C14H19N. The maximum Gasteiger partial charge on any atom is 0.0451 e. The van der Waals surface area contributed by atoms with E-state index < -0.39 is 0 Å².